The van der Waals surface area contributed by atoms with Crippen molar-refractivity contribution in [2.45, 2.75) is 6.42 Å². The van der Waals surface area contributed by atoms with E-state index in [1.54, 1.807) is 4.90 Å². The second kappa shape index (κ2) is 6.65. The molecule has 0 bridgehead atoms. The van der Waals surface area contributed by atoms with Gasteiger partial charge in [0.1, 0.15) is 12.4 Å². The zero-order chi connectivity index (χ0) is 18.2. The van der Waals surface area contributed by atoms with Crippen molar-refractivity contribution in [2.24, 2.45) is 0 Å². The van der Waals surface area contributed by atoms with Gasteiger partial charge in [0.15, 0.2) is 0 Å². The van der Waals surface area contributed by atoms with Crippen LogP contribution < -0.4 is 9.21 Å². The minimum Gasteiger partial charge on any atom is -0.310 e. The van der Waals surface area contributed by atoms with Crippen molar-refractivity contribution in [3.05, 3.63) is 58.9 Å². The van der Waals surface area contributed by atoms with E-state index < -0.39 is 15.8 Å². The van der Waals surface area contributed by atoms with E-state index in [1.165, 1.54) is 12.1 Å². The molecule has 1 aliphatic heterocycles. The Labute approximate surface area is 150 Å². The van der Waals surface area contributed by atoms with Crippen LogP contribution in [0.25, 0.3) is 0 Å². The van der Waals surface area contributed by atoms with Gasteiger partial charge >= 0.3 is 0 Å². The molecule has 0 fully saturated rings. The number of carbonyl (C=O) groups excluding carboxylic acids is 1. The van der Waals surface area contributed by atoms with Crippen molar-refractivity contribution in [1.82, 2.24) is 0 Å². The number of nitrogens with zero attached hydrogens (tertiary/aromatic N) is 2. The predicted molar refractivity (Wildman–Crippen MR) is 96.1 cm³/mol. The Balaban J connectivity index is 1.89. The molecule has 2 aromatic rings. The van der Waals surface area contributed by atoms with Crippen LogP contribution in [0.5, 0.6) is 0 Å². The molecule has 0 saturated carbocycles. The van der Waals surface area contributed by atoms with Gasteiger partial charge in [0, 0.05) is 12.2 Å². The Hall–Kier alpha value is -2.12. The fourth-order valence-electron chi connectivity index (χ4n) is 2.85. The van der Waals surface area contributed by atoms with E-state index in [-0.39, 0.29) is 23.2 Å². The molecule has 1 aliphatic rings. The number of amides is 1. The van der Waals surface area contributed by atoms with E-state index in [4.69, 9.17) is 11.6 Å². The van der Waals surface area contributed by atoms with E-state index in [0.29, 0.717) is 6.54 Å². The van der Waals surface area contributed by atoms with Crippen LogP contribution in [0.3, 0.4) is 0 Å². The number of sulfonamides is 1. The third kappa shape index (κ3) is 3.62. The first-order valence-electron chi connectivity index (χ1n) is 7.58. The molecule has 8 heteroatoms. The molecular formula is C17H16ClFN2O3S. The summed E-state index contributed by atoms with van der Waals surface area (Å²) < 4.78 is 38.6. The molecule has 0 N–H and O–H groups in total. The van der Waals surface area contributed by atoms with Crippen LogP contribution in [0.4, 0.5) is 15.8 Å². The highest BCUT2D eigenvalue weighted by Crippen LogP contribution is 2.29. The van der Waals surface area contributed by atoms with Crippen LogP contribution in [0.1, 0.15) is 5.56 Å². The zero-order valence-electron chi connectivity index (χ0n) is 13.4. The molecule has 5 nitrogen and oxygen atoms in total. The number of hydrogen-bond acceptors (Lipinski definition) is 3. The fraction of sp³-hybridized carbons (Fsp3) is 0.235. The Kier molecular flexibility index (Phi) is 4.71. The zero-order valence-corrected chi connectivity index (χ0v) is 15.0. The number of halogens is 2. The summed E-state index contributed by atoms with van der Waals surface area (Å²) in [5, 5.41) is -0.204. The summed E-state index contributed by atoms with van der Waals surface area (Å²) in [6.07, 6.45) is 1.72. The normalized spacial score (nSPS) is 13.6. The molecular weight excluding hydrogens is 367 g/mol. The fourth-order valence-corrected chi connectivity index (χ4v) is 3.86. The second-order valence-corrected chi connectivity index (χ2v) is 8.11. The van der Waals surface area contributed by atoms with Crippen LogP contribution in [0.15, 0.2) is 42.5 Å². The van der Waals surface area contributed by atoms with Gasteiger partial charge in [-0.3, -0.25) is 9.10 Å². The van der Waals surface area contributed by atoms with Crippen molar-refractivity contribution in [1.29, 1.82) is 0 Å². The summed E-state index contributed by atoms with van der Waals surface area (Å²) in [4.78, 5) is 14.3. The lowest BCUT2D eigenvalue weighted by Gasteiger charge is -2.25. The van der Waals surface area contributed by atoms with Crippen LogP contribution in [-0.4, -0.2) is 33.7 Å². The summed E-state index contributed by atoms with van der Waals surface area (Å²) in [6, 6.07) is 11.1. The van der Waals surface area contributed by atoms with Crippen LogP contribution >= 0.6 is 11.6 Å². The predicted octanol–water partition coefficient (Wildman–Crippen LogP) is 2.83. The first kappa shape index (κ1) is 17.7. The van der Waals surface area contributed by atoms with Gasteiger partial charge in [-0.2, -0.15) is 0 Å². The average Bonchev–Trinajstić information content (AvgIpc) is 2.98. The highest BCUT2D eigenvalue weighted by Gasteiger charge is 2.28. The lowest BCUT2D eigenvalue weighted by atomic mass is 10.2. The molecule has 0 atom stereocenters. The largest absolute Gasteiger partial charge is 0.310 e. The van der Waals surface area contributed by atoms with Crippen molar-refractivity contribution in [2.75, 3.05) is 28.6 Å². The molecule has 0 unspecified atom stereocenters. The van der Waals surface area contributed by atoms with E-state index >= 15 is 0 Å². The topological polar surface area (TPSA) is 57.7 Å². The highest BCUT2D eigenvalue weighted by atomic mass is 35.5. The van der Waals surface area contributed by atoms with Gasteiger partial charge in [0.05, 0.1) is 17.0 Å². The van der Waals surface area contributed by atoms with Gasteiger partial charge in [-0.1, -0.05) is 29.8 Å². The smallest absolute Gasteiger partial charge is 0.247 e. The molecule has 25 heavy (non-hydrogen) atoms. The second-order valence-electron chi connectivity index (χ2n) is 5.79. The van der Waals surface area contributed by atoms with Crippen molar-refractivity contribution in [3.63, 3.8) is 0 Å². The SMILES string of the molecule is CS(=O)(=O)N(CC(=O)N1CCc2ccccc21)c1ccc(F)c(Cl)c1. The molecule has 0 spiro atoms. The number of rotatable bonds is 4. The van der Waals surface area contributed by atoms with E-state index in [2.05, 4.69) is 0 Å². The Morgan fingerprint density at radius 2 is 2.00 bits per heavy atom. The Morgan fingerprint density at radius 3 is 2.68 bits per heavy atom. The Bertz CT molecular complexity index is 933. The number of fused-ring (bicyclic) bond motifs is 1. The summed E-state index contributed by atoms with van der Waals surface area (Å²) in [6.45, 7) is 0.120. The molecule has 0 aliphatic carbocycles. The van der Waals surface area contributed by atoms with Gasteiger partial charge in [-0.25, -0.2) is 12.8 Å². The summed E-state index contributed by atoms with van der Waals surface area (Å²) in [7, 11) is -3.74. The standard InChI is InChI=1S/C17H16ClFN2O3S/c1-25(23,24)21(13-6-7-15(19)14(18)10-13)11-17(22)20-9-8-12-4-2-3-5-16(12)20/h2-7,10H,8-9,11H2,1H3. The van der Waals surface area contributed by atoms with E-state index in [0.717, 1.165) is 34.3 Å². The number of hydrogen-bond donors (Lipinski definition) is 0. The molecule has 1 heterocycles. The number of anilines is 2. The van der Waals surface area contributed by atoms with Gasteiger partial charge in [-0.05, 0) is 36.2 Å². The number of para-hydroxylation sites is 1. The monoisotopic (exact) mass is 382 g/mol. The molecule has 2 aromatic carbocycles. The van der Waals surface area contributed by atoms with E-state index in [9.17, 15) is 17.6 Å². The van der Waals surface area contributed by atoms with Gasteiger partial charge in [-0.15, -0.1) is 0 Å². The molecule has 1 amide bonds. The molecule has 0 saturated heterocycles. The van der Waals surface area contributed by atoms with Crippen molar-refractivity contribution in [3.8, 4) is 0 Å². The van der Waals surface area contributed by atoms with Gasteiger partial charge in [0.25, 0.3) is 0 Å². The number of benzene rings is 2. The third-order valence-corrected chi connectivity index (χ3v) is 5.49. The maximum atomic E-state index is 13.4. The minimum atomic E-state index is -3.74. The van der Waals surface area contributed by atoms with Gasteiger partial charge < -0.3 is 4.90 Å². The van der Waals surface area contributed by atoms with Crippen LogP contribution in [0, 0.1) is 5.82 Å². The van der Waals surface area contributed by atoms with Crippen molar-refractivity contribution < 1.29 is 17.6 Å². The molecule has 132 valence electrons. The summed E-state index contributed by atoms with van der Waals surface area (Å²) in [5.74, 6) is -1.01. The molecule has 0 radical (unpaired) electrons. The van der Waals surface area contributed by atoms with Gasteiger partial charge in [0.2, 0.25) is 15.9 Å². The first-order chi connectivity index (χ1) is 11.8. The maximum Gasteiger partial charge on any atom is 0.247 e. The van der Waals surface area contributed by atoms with Crippen molar-refractivity contribution >= 4 is 38.9 Å². The average molecular weight is 383 g/mol. The molecule has 3 rings (SSSR count). The lowest BCUT2D eigenvalue weighted by Crippen LogP contribution is -2.42. The van der Waals surface area contributed by atoms with E-state index in [1.807, 2.05) is 24.3 Å². The third-order valence-electron chi connectivity index (χ3n) is 4.06. The summed E-state index contributed by atoms with van der Waals surface area (Å²) in [5.41, 5.74) is 1.99. The Morgan fingerprint density at radius 1 is 1.28 bits per heavy atom. The number of carbonyl (C=O) groups is 1. The van der Waals surface area contributed by atoms with Crippen LogP contribution in [-0.2, 0) is 21.2 Å². The quantitative estimate of drug-likeness (QED) is 0.817. The van der Waals surface area contributed by atoms with Crippen LogP contribution in [0.2, 0.25) is 5.02 Å². The summed E-state index contributed by atoms with van der Waals surface area (Å²) >= 11 is 5.75. The lowest BCUT2D eigenvalue weighted by molar-refractivity contribution is -0.117. The minimum absolute atomic E-state index is 0.148. The maximum absolute atomic E-state index is 13.4. The first-order valence-corrected chi connectivity index (χ1v) is 9.81. The highest BCUT2D eigenvalue weighted by molar-refractivity contribution is 7.92. The molecule has 0 aromatic heterocycles.